The Morgan fingerprint density at radius 1 is 1.00 bits per heavy atom. The van der Waals surface area contributed by atoms with Gasteiger partial charge in [-0.3, -0.25) is 14.6 Å². The Balaban J connectivity index is 1.18. The van der Waals surface area contributed by atoms with Gasteiger partial charge in [0.05, 0.1) is 30.0 Å². The predicted molar refractivity (Wildman–Crippen MR) is 171 cm³/mol. The summed E-state index contributed by atoms with van der Waals surface area (Å²) in [6.45, 7) is 5.60. The van der Waals surface area contributed by atoms with Crippen LogP contribution in [0.3, 0.4) is 0 Å². The number of benzene rings is 2. The summed E-state index contributed by atoms with van der Waals surface area (Å²) in [4.78, 5) is 29.1. The number of carboxylic acid groups (broad SMARTS) is 1. The van der Waals surface area contributed by atoms with E-state index in [1.54, 1.807) is 19.9 Å². The minimum atomic E-state index is -1.04. The maximum absolute atomic E-state index is 12.6. The van der Waals surface area contributed by atoms with E-state index in [4.69, 9.17) is 9.47 Å². The summed E-state index contributed by atoms with van der Waals surface area (Å²) in [6.07, 6.45) is 10.3. The van der Waals surface area contributed by atoms with E-state index in [1.807, 2.05) is 48.6 Å². The molecule has 43 heavy (non-hydrogen) atoms. The molecule has 4 rings (SSSR count). The second-order valence-corrected chi connectivity index (χ2v) is 11.4. The second kappa shape index (κ2) is 16.0. The van der Waals surface area contributed by atoms with Gasteiger partial charge in [0.15, 0.2) is 0 Å². The molecule has 1 saturated carbocycles. The first-order chi connectivity index (χ1) is 20.9. The van der Waals surface area contributed by atoms with Crippen molar-refractivity contribution in [1.29, 1.82) is 0 Å². The highest BCUT2D eigenvalue weighted by Gasteiger charge is 2.37. The summed E-state index contributed by atoms with van der Waals surface area (Å²) < 4.78 is 11.7. The first-order valence-corrected chi connectivity index (χ1v) is 15.5. The van der Waals surface area contributed by atoms with Crippen LogP contribution in [0.4, 0.5) is 5.69 Å². The van der Waals surface area contributed by atoms with Crippen LogP contribution in [0.2, 0.25) is 0 Å². The van der Waals surface area contributed by atoms with Crippen LogP contribution in [-0.4, -0.2) is 35.2 Å². The van der Waals surface area contributed by atoms with Crippen LogP contribution in [0.15, 0.2) is 66.7 Å². The number of aromatic nitrogens is 1. The standard InChI is InChI=1S/C36H44N2O5/c1-3-36(4-2,35(40)41)24-34(39)38-31-12-7-10-28(23-31)16-19-30-11-8-13-32(37-30)26-42-22-6-5-9-27-17-20-33(21-18-27)43-25-29-14-15-29/h7-8,10-13,16-21,23,29H,3-6,9,14-15,22,24-26H2,1-2H3,(H,38,39)(H,40,41). The SMILES string of the molecule is CCC(CC)(CC(=O)Nc1cccc(C=Cc2cccc(COCCCCc3ccc(OCC4CC4)cc3)n2)c1)C(=O)O. The van der Waals surface area contributed by atoms with E-state index in [0.29, 0.717) is 31.7 Å². The Kier molecular flexibility index (Phi) is 11.9. The van der Waals surface area contributed by atoms with Gasteiger partial charge < -0.3 is 19.9 Å². The van der Waals surface area contributed by atoms with Gasteiger partial charge in [-0.05, 0) is 104 Å². The number of nitrogens with zero attached hydrogens (tertiary/aromatic N) is 1. The van der Waals surface area contributed by atoms with Crippen molar-refractivity contribution in [2.45, 2.75) is 71.8 Å². The molecule has 1 amide bonds. The van der Waals surface area contributed by atoms with Crippen molar-refractivity contribution < 1.29 is 24.2 Å². The highest BCUT2D eigenvalue weighted by Crippen LogP contribution is 2.32. The molecule has 7 nitrogen and oxygen atoms in total. The number of carbonyl (C=O) groups excluding carboxylic acids is 1. The molecule has 0 spiro atoms. The van der Waals surface area contributed by atoms with Gasteiger partial charge in [0, 0.05) is 18.7 Å². The summed E-state index contributed by atoms with van der Waals surface area (Å²) in [5.41, 5.74) is 3.50. The van der Waals surface area contributed by atoms with Crippen LogP contribution in [0, 0.1) is 11.3 Å². The highest BCUT2D eigenvalue weighted by molar-refractivity contribution is 5.94. The smallest absolute Gasteiger partial charge is 0.310 e. The monoisotopic (exact) mass is 584 g/mol. The molecule has 1 fully saturated rings. The molecular weight excluding hydrogens is 540 g/mol. The summed E-state index contributed by atoms with van der Waals surface area (Å²) in [5.74, 6) is 0.493. The zero-order valence-electron chi connectivity index (χ0n) is 25.4. The molecule has 0 aliphatic heterocycles. The quantitative estimate of drug-likeness (QED) is 0.148. The number of nitrogens with one attached hydrogen (secondary N) is 1. The molecule has 1 aliphatic rings. The number of anilines is 1. The lowest BCUT2D eigenvalue weighted by atomic mass is 9.79. The van der Waals surface area contributed by atoms with Crippen LogP contribution >= 0.6 is 0 Å². The van der Waals surface area contributed by atoms with Crippen molar-refractivity contribution in [2.75, 3.05) is 18.5 Å². The van der Waals surface area contributed by atoms with E-state index in [1.165, 1.54) is 18.4 Å². The highest BCUT2D eigenvalue weighted by atomic mass is 16.5. The molecule has 0 unspecified atom stereocenters. The molecular formula is C36H44N2O5. The molecule has 1 aliphatic carbocycles. The van der Waals surface area contributed by atoms with Gasteiger partial charge in [0.2, 0.25) is 5.91 Å². The Morgan fingerprint density at radius 3 is 2.49 bits per heavy atom. The average Bonchev–Trinajstić information content (AvgIpc) is 3.85. The fraction of sp³-hybridized carbons (Fsp3) is 0.417. The van der Waals surface area contributed by atoms with Crippen molar-refractivity contribution in [3.63, 3.8) is 0 Å². The zero-order valence-corrected chi connectivity index (χ0v) is 25.4. The van der Waals surface area contributed by atoms with Gasteiger partial charge in [0.1, 0.15) is 5.75 Å². The largest absolute Gasteiger partial charge is 0.493 e. The number of unbranched alkanes of at least 4 members (excludes halogenated alkanes) is 1. The van der Waals surface area contributed by atoms with Crippen molar-refractivity contribution in [2.24, 2.45) is 11.3 Å². The lowest BCUT2D eigenvalue weighted by Crippen LogP contribution is -2.34. The van der Waals surface area contributed by atoms with Gasteiger partial charge >= 0.3 is 5.97 Å². The molecule has 0 radical (unpaired) electrons. The Morgan fingerprint density at radius 2 is 1.77 bits per heavy atom. The van der Waals surface area contributed by atoms with Crippen LogP contribution in [-0.2, 0) is 27.4 Å². The number of hydrogen-bond donors (Lipinski definition) is 2. The minimum Gasteiger partial charge on any atom is -0.493 e. The molecule has 0 bridgehead atoms. The van der Waals surface area contributed by atoms with Crippen LogP contribution in [0.5, 0.6) is 5.75 Å². The third-order valence-electron chi connectivity index (χ3n) is 8.11. The molecule has 1 aromatic heterocycles. The van der Waals surface area contributed by atoms with E-state index in [0.717, 1.165) is 54.5 Å². The predicted octanol–water partition coefficient (Wildman–Crippen LogP) is 7.80. The first-order valence-electron chi connectivity index (χ1n) is 15.5. The minimum absolute atomic E-state index is 0.0574. The fourth-order valence-corrected chi connectivity index (χ4v) is 4.92. The third kappa shape index (κ3) is 10.4. The summed E-state index contributed by atoms with van der Waals surface area (Å²) in [7, 11) is 0. The second-order valence-electron chi connectivity index (χ2n) is 11.4. The number of aryl methyl sites for hydroxylation is 1. The summed E-state index contributed by atoms with van der Waals surface area (Å²) in [5, 5.41) is 12.5. The van der Waals surface area contributed by atoms with Crippen molar-refractivity contribution in [1.82, 2.24) is 4.98 Å². The Bertz CT molecular complexity index is 1360. The normalized spacial score (nSPS) is 13.3. The molecule has 2 aromatic carbocycles. The van der Waals surface area contributed by atoms with E-state index < -0.39 is 11.4 Å². The van der Waals surface area contributed by atoms with Crippen LogP contribution in [0.1, 0.15) is 81.3 Å². The molecule has 0 saturated heterocycles. The first kappa shape index (κ1) is 32.0. The van der Waals surface area contributed by atoms with Gasteiger partial charge in [-0.25, -0.2) is 0 Å². The summed E-state index contributed by atoms with van der Waals surface area (Å²) >= 11 is 0. The van der Waals surface area contributed by atoms with Gasteiger partial charge in [0.25, 0.3) is 0 Å². The van der Waals surface area contributed by atoms with E-state index in [2.05, 4.69) is 34.6 Å². The van der Waals surface area contributed by atoms with Gasteiger partial charge in [-0.1, -0.05) is 50.3 Å². The number of aliphatic carboxylic acids is 1. The number of rotatable bonds is 18. The number of ether oxygens (including phenoxy) is 2. The lowest BCUT2D eigenvalue weighted by molar-refractivity contribution is -0.151. The zero-order chi connectivity index (χ0) is 30.5. The van der Waals surface area contributed by atoms with Crippen LogP contribution < -0.4 is 10.1 Å². The molecule has 3 aromatic rings. The number of amides is 1. The lowest BCUT2D eigenvalue weighted by Gasteiger charge is -2.25. The van der Waals surface area contributed by atoms with Gasteiger partial charge in [-0.15, -0.1) is 0 Å². The number of carboxylic acids is 1. The van der Waals surface area contributed by atoms with E-state index in [-0.39, 0.29) is 12.3 Å². The van der Waals surface area contributed by atoms with E-state index in [9.17, 15) is 14.7 Å². The summed E-state index contributed by atoms with van der Waals surface area (Å²) in [6, 6.07) is 21.8. The topological polar surface area (TPSA) is 97.8 Å². The molecule has 2 N–H and O–H groups in total. The van der Waals surface area contributed by atoms with E-state index >= 15 is 0 Å². The van der Waals surface area contributed by atoms with Crippen LogP contribution in [0.25, 0.3) is 12.2 Å². The average molecular weight is 585 g/mol. The molecule has 7 heteroatoms. The van der Waals surface area contributed by atoms with Crippen molar-refractivity contribution in [3.8, 4) is 5.75 Å². The van der Waals surface area contributed by atoms with Gasteiger partial charge in [-0.2, -0.15) is 0 Å². The molecule has 1 heterocycles. The fourth-order valence-electron chi connectivity index (χ4n) is 4.92. The van der Waals surface area contributed by atoms with Crippen molar-refractivity contribution >= 4 is 29.7 Å². The van der Waals surface area contributed by atoms with Crippen molar-refractivity contribution in [3.05, 3.63) is 89.2 Å². The number of carbonyl (C=O) groups is 2. The maximum Gasteiger partial charge on any atom is 0.310 e. The Hall–Kier alpha value is -3.97. The maximum atomic E-state index is 12.6. The molecule has 228 valence electrons. The molecule has 0 atom stereocenters. The number of pyridine rings is 1. The Labute approximate surface area is 255 Å². The third-order valence-corrected chi connectivity index (χ3v) is 8.11. The number of hydrogen-bond acceptors (Lipinski definition) is 5.